The van der Waals surface area contributed by atoms with Gasteiger partial charge >= 0.3 is 0 Å². The van der Waals surface area contributed by atoms with Crippen LogP contribution in [0.2, 0.25) is 0 Å². The minimum absolute atomic E-state index is 0.844. The third kappa shape index (κ3) is 5.46. The van der Waals surface area contributed by atoms with Crippen LogP contribution in [0.3, 0.4) is 0 Å². The van der Waals surface area contributed by atoms with Crippen LogP contribution in [0.25, 0.3) is 5.65 Å². The van der Waals surface area contributed by atoms with Crippen LogP contribution in [0.4, 0.5) is 0 Å². The molecule has 1 N–H and O–H groups in total. The van der Waals surface area contributed by atoms with Crippen molar-refractivity contribution in [1.29, 1.82) is 0 Å². The molecule has 0 fully saturated rings. The van der Waals surface area contributed by atoms with E-state index in [1.54, 1.807) is 0 Å². The lowest BCUT2D eigenvalue weighted by Gasteiger charge is -2.06. The van der Waals surface area contributed by atoms with E-state index in [0.717, 1.165) is 30.3 Å². The summed E-state index contributed by atoms with van der Waals surface area (Å²) in [6.45, 7) is 8.54. The maximum absolute atomic E-state index is 4.42. The molecule has 0 radical (unpaired) electrons. The van der Waals surface area contributed by atoms with Crippen molar-refractivity contribution in [1.82, 2.24) is 19.9 Å². The van der Waals surface area contributed by atoms with E-state index in [1.807, 2.05) is 23.7 Å². The average Bonchev–Trinajstić information content (AvgIpc) is 2.80. The second kappa shape index (κ2) is 8.13. The first-order chi connectivity index (χ1) is 10.1. The Morgan fingerprint density at radius 1 is 1.19 bits per heavy atom. The molecule has 0 atom stereocenters. The monoisotopic (exact) mass is 288 g/mol. The smallest absolute Gasteiger partial charge is 0.155 e. The fraction of sp³-hybridized carbons (Fsp3) is 0.647. The molecular formula is C17H28N4. The summed E-state index contributed by atoms with van der Waals surface area (Å²) >= 11 is 0. The summed E-state index contributed by atoms with van der Waals surface area (Å²) in [5.74, 6) is 0.844. The number of unbranched alkanes of at least 4 members (excludes halogenated alkanes) is 3. The summed E-state index contributed by atoms with van der Waals surface area (Å²) in [6.07, 6.45) is 10.7. The van der Waals surface area contributed by atoms with Gasteiger partial charge in [0.15, 0.2) is 5.65 Å². The number of hydrogen-bond donors (Lipinski definition) is 1. The first-order valence-corrected chi connectivity index (χ1v) is 8.17. The zero-order chi connectivity index (χ0) is 15.1. The summed E-state index contributed by atoms with van der Waals surface area (Å²) in [7, 11) is 0. The second-order valence-corrected chi connectivity index (χ2v) is 6.32. The first kappa shape index (κ1) is 16.0. The third-order valence-electron chi connectivity index (χ3n) is 3.70. The number of aromatic nitrogens is 3. The van der Waals surface area contributed by atoms with Crippen molar-refractivity contribution in [2.75, 3.05) is 6.54 Å². The summed E-state index contributed by atoms with van der Waals surface area (Å²) < 4.78 is 1.86. The minimum Gasteiger partial charge on any atom is -0.313 e. The van der Waals surface area contributed by atoms with Crippen LogP contribution < -0.4 is 5.32 Å². The van der Waals surface area contributed by atoms with E-state index in [1.165, 1.54) is 37.7 Å². The molecule has 2 aromatic rings. The average molecular weight is 288 g/mol. The van der Waals surface area contributed by atoms with Crippen molar-refractivity contribution >= 4 is 5.65 Å². The zero-order valence-electron chi connectivity index (χ0n) is 13.6. The molecule has 116 valence electrons. The largest absolute Gasteiger partial charge is 0.313 e. The van der Waals surface area contributed by atoms with E-state index < -0.39 is 0 Å². The Hall–Kier alpha value is -1.42. The second-order valence-electron chi connectivity index (χ2n) is 6.32. The van der Waals surface area contributed by atoms with Crippen LogP contribution in [0.1, 0.15) is 57.2 Å². The van der Waals surface area contributed by atoms with Gasteiger partial charge in [-0.25, -0.2) is 9.50 Å². The van der Waals surface area contributed by atoms with Crippen molar-refractivity contribution in [2.45, 2.75) is 59.4 Å². The Labute approximate surface area is 128 Å². The highest BCUT2D eigenvalue weighted by Gasteiger charge is 2.00. The molecule has 0 saturated carbocycles. The number of hydrogen-bond acceptors (Lipinski definition) is 3. The van der Waals surface area contributed by atoms with Crippen molar-refractivity contribution in [3.8, 4) is 0 Å². The molecule has 0 aliphatic rings. The standard InChI is InChI=1S/C17H28N4/c1-14(2)8-6-4-5-7-9-18-11-16-12-19-17-10-15(3)20-21(17)13-16/h10,12-14,18H,4-9,11H2,1-3H3. The number of nitrogens with one attached hydrogen (secondary N) is 1. The molecule has 0 aliphatic carbocycles. The van der Waals surface area contributed by atoms with Crippen LogP contribution in [-0.2, 0) is 6.54 Å². The molecule has 0 unspecified atom stereocenters. The highest BCUT2D eigenvalue weighted by atomic mass is 15.2. The predicted molar refractivity (Wildman–Crippen MR) is 87.4 cm³/mol. The number of rotatable bonds is 9. The van der Waals surface area contributed by atoms with Crippen LogP contribution in [0.15, 0.2) is 18.5 Å². The minimum atomic E-state index is 0.844. The molecule has 2 rings (SSSR count). The lowest BCUT2D eigenvalue weighted by atomic mass is 10.0. The molecule has 0 spiro atoms. The van der Waals surface area contributed by atoms with Gasteiger partial charge in [0.05, 0.1) is 5.69 Å². The SMILES string of the molecule is Cc1cc2ncc(CNCCCCCCC(C)C)cn2n1. The molecule has 0 saturated heterocycles. The fourth-order valence-corrected chi connectivity index (χ4v) is 2.51. The lowest BCUT2D eigenvalue weighted by molar-refractivity contribution is 0.512. The van der Waals surface area contributed by atoms with E-state index in [-0.39, 0.29) is 0 Å². The van der Waals surface area contributed by atoms with Crippen LogP contribution in [0, 0.1) is 12.8 Å². The quantitative estimate of drug-likeness (QED) is 0.715. The maximum Gasteiger partial charge on any atom is 0.155 e. The van der Waals surface area contributed by atoms with Gasteiger partial charge in [0, 0.05) is 30.6 Å². The van der Waals surface area contributed by atoms with Gasteiger partial charge in [-0.1, -0.05) is 39.5 Å². The number of aryl methyl sites for hydroxylation is 1. The molecule has 2 aromatic heterocycles. The number of nitrogens with zero attached hydrogens (tertiary/aromatic N) is 3. The highest BCUT2D eigenvalue weighted by Crippen LogP contribution is 2.09. The molecule has 0 bridgehead atoms. The Bertz CT molecular complexity index is 545. The van der Waals surface area contributed by atoms with E-state index >= 15 is 0 Å². The van der Waals surface area contributed by atoms with Gasteiger partial charge in [-0.15, -0.1) is 0 Å². The zero-order valence-corrected chi connectivity index (χ0v) is 13.6. The van der Waals surface area contributed by atoms with E-state index in [4.69, 9.17) is 0 Å². The van der Waals surface area contributed by atoms with Gasteiger partial charge < -0.3 is 5.32 Å². The lowest BCUT2D eigenvalue weighted by Crippen LogP contribution is -2.15. The molecule has 4 nitrogen and oxygen atoms in total. The Morgan fingerprint density at radius 3 is 2.81 bits per heavy atom. The molecular weight excluding hydrogens is 260 g/mol. The highest BCUT2D eigenvalue weighted by molar-refractivity contribution is 5.38. The Balaban J connectivity index is 1.61. The molecule has 21 heavy (non-hydrogen) atoms. The Morgan fingerprint density at radius 2 is 2.00 bits per heavy atom. The maximum atomic E-state index is 4.42. The van der Waals surface area contributed by atoms with Crippen molar-refractivity contribution in [2.24, 2.45) is 5.92 Å². The summed E-state index contributed by atoms with van der Waals surface area (Å²) in [5, 5.41) is 7.88. The molecule has 0 aromatic carbocycles. The van der Waals surface area contributed by atoms with Crippen molar-refractivity contribution in [3.05, 3.63) is 29.7 Å². The molecule has 0 aliphatic heterocycles. The van der Waals surface area contributed by atoms with Gasteiger partial charge in [0.1, 0.15) is 0 Å². The van der Waals surface area contributed by atoms with Crippen LogP contribution in [0.5, 0.6) is 0 Å². The van der Waals surface area contributed by atoms with E-state index in [9.17, 15) is 0 Å². The predicted octanol–water partition coefficient (Wildman–Crippen LogP) is 3.73. The van der Waals surface area contributed by atoms with Crippen molar-refractivity contribution in [3.63, 3.8) is 0 Å². The van der Waals surface area contributed by atoms with Crippen LogP contribution in [-0.4, -0.2) is 21.1 Å². The van der Waals surface area contributed by atoms with E-state index in [2.05, 4.69) is 35.4 Å². The van der Waals surface area contributed by atoms with Gasteiger partial charge in [-0.2, -0.15) is 5.10 Å². The molecule has 0 amide bonds. The van der Waals surface area contributed by atoms with Gasteiger partial charge in [0.25, 0.3) is 0 Å². The molecule has 4 heteroatoms. The normalized spacial score (nSPS) is 11.6. The van der Waals surface area contributed by atoms with Gasteiger partial charge in [-0.3, -0.25) is 0 Å². The van der Waals surface area contributed by atoms with Crippen molar-refractivity contribution < 1.29 is 0 Å². The fourth-order valence-electron chi connectivity index (χ4n) is 2.51. The van der Waals surface area contributed by atoms with E-state index in [0.29, 0.717) is 0 Å². The summed E-state index contributed by atoms with van der Waals surface area (Å²) in [4.78, 5) is 4.42. The van der Waals surface area contributed by atoms with Gasteiger partial charge in [-0.05, 0) is 25.8 Å². The third-order valence-corrected chi connectivity index (χ3v) is 3.70. The van der Waals surface area contributed by atoms with Gasteiger partial charge in [0.2, 0.25) is 0 Å². The topological polar surface area (TPSA) is 42.2 Å². The molecule has 2 heterocycles. The summed E-state index contributed by atoms with van der Waals surface area (Å²) in [6, 6.07) is 1.99. The Kier molecular flexibility index (Phi) is 6.18. The first-order valence-electron chi connectivity index (χ1n) is 8.17. The summed E-state index contributed by atoms with van der Waals surface area (Å²) in [5.41, 5.74) is 3.11. The van der Waals surface area contributed by atoms with Crippen LogP contribution >= 0.6 is 0 Å². The number of fused-ring (bicyclic) bond motifs is 1.